The number of rotatable bonds is 10. The molecule has 16 nitrogen and oxygen atoms in total. The molecule has 5 atom stereocenters. The number of hydrogen-bond acceptors (Lipinski definition) is 11. The van der Waals surface area contributed by atoms with E-state index < -0.39 is 47.2 Å². The standard InChI is InChI=1S/C48H62N8O8/c1-10-40(57)54-21-18-31(26-54)45(59)53(8)42(28(3)4)44(58)51-36-23-39-50-25-38(64-39)30-16-17-37-33(22-30)34(43(55(37)11-2)32-14-12-19-49-41(32)29(5)62-9)24-48(6,7)27-63-47(61)35-15-13-20-56(52-35)46(36)60/h10,12,14,16-17,19,22,25,28-29,31,35-36,42,52H,1,11,13,15,18,20-21,23-24,26-27H2,2-9H3,(H,51,58)/t29-,31-,35?,36-,42-/m0/s1. The maximum atomic E-state index is 14.5. The van der Waals surface area contributed by atoms with Gasteiger partial charge in [-0.15, -0.1) is 0 Å². The van der Waals surface area contributed by atoms with Crippen LogP contribution in [0.15, 0.2) is 59.8 Å². The van der Waals surface area contributed by atoms with Crippen molar-refractivity contribution in [2.45, 2.75) is 104 Å². The van der Waals surface area contributed by atoms with Crippen LogP contribution in [0, 0.1) is 17.3 Å². The number of fused-ring (bicyclic) bond motifs is 6. The molecule has 6 bridgehead atoms. The van der Waals surface area contributed by atoms with E-state index in [-0.39, 0.29) is 55.8 Å². The number of nitrogens with one attached hydrogen (secondary N) is 2. The van der Waals surface area contributed by atoms with Crippen molar-refractivity contribution in [2.75, 3.05) is 40.4 Å². The largest absolute Gasteiger partial charge is 0.464 e. The Morgan fingerprint density at radius 2 is 1.91 bits per heavy atom. The minimum Gasteiger partial charge on any atom is -0.464 e. The average Bonchev–Trinajstić information content (AvgIpc) is 4.05. The number of benzene rings is 1. The number of aromatic nitrogens is 3. The molecule has 4 aromatic rings. The number of hydrogen-bond donors (Lipinski definition) is 2. The fraction of sp³-hybridized carbons (Fsp3) is 0.521. The first-order valence-corrected chi connectivity index (χ1v) is 22.4. The SMILES string of the molecule is C=CC(=O)N1CC[C@H](C(=O)N(C)[C@H](C(=O)N[C@H]2Cc3ncc(o3)-c3ccc4c(c3)c(c(-c3cccnc3[C@H](C)OC)n4CC)CC(C)(C)COC(=O)C3CCCN(N3)C2=O)C(C)C)C1. The summed E-state index contributed by atoms with van der Waals surface area (Å²) in [6.07, 6.45) is 6.22. The maximum absolute atomic E-state index is 14.5. The van der Waals surface area contributed by atoms with Gasteiger partial charge in [0.1, 0.15) is 18.1 Å². The summed E-state index contributed by atoms with van der Waals surface area (Å²) in [5, 5.41) is 5.31. The van der Waals surface area contributed by atoms with Crippen LogP contribution < -0.4 is 10.7 Å². The molecule has 3 aromatic heterocycles. The van der Waals surface area contributed by atoms with Gasteiger partial charge in [-0.1, -0.05) is 34.3 Å². The number of cyclic esters (lactones) is 1. The lowest BCUT2D eigenvalue weighted by atomic mass is 9.84. The van der Waals surface area contributed by atoms with Gasteiger partial charge in [-0.3, -0.25) is 34.0 Å². The molecule has 1 unspecified atom stereocenters. The summed E-state index contributed by atoms with van der Waals surface area (Å²) >= 11 is 0. The highest BCUT2D eigenvalue weighted by molar-refractivity contribution is 5.96. The number of ether oxygens (including phenoxy) is 2. The van der Waals surface area contributed by atoms with Crippen molar-refractivity contribution in [1.29, 1.82) is 0 Å². The molecule has 7 rings (SSSR count). The normalized spacial score (nSPS) is 21.3. The minimum atomic E-state index is -1.19. The second-order valence-corrected chi connectivity index (χ2v) is 18.4. The van der Waals surface area contributed by atoms with Gasteiger partial charge in [0.2, 0.25) is 17.7 Å². The van der Waals surface area contributed by atoms with Crippen LogP contribution in [-0.2, 0) is 52.8 Å². The van der Waals surface area contributed by atoms with Crippen LogP contribution in [0.5, 0.6) is 0 Å². The third-order valence-corrected chi connectivity index (χ3v) is 12.8. The smallest absolute Gasteiger partial charge is 0.324 e. The summed E-state index contributed by atoms with van der Waals surface area (Å²) in [5.74, 6) is -2.14. The monoisotopic (exact) mass is 878 g/mol. The first-order valence-electron chi connectivity index (χ1n) is 22.4. The Balaban J connectivity index is 1.27. The van der Waals surface area contributed by atoms with Crippen molar-refractivity contribution in [3.63, 3.8) is 0 Å². The van der Waals surface area contributed by atoms with Crippen LogP contribution in [0.25, 0.3) is 33.5 Å². The van der Waals surface area contributed by atoms with Gasteiger partial charge in [0.15, 0.2) is 11.7 Å². The van der Waals surface area contributed by atoms with E-state index >= 15 is 0 Å². The summed E-state index contributed by atoms with van der Waals surface area (Å²) in [4.78, 5) is 81.3. The Kier molecular flexibility index (Phi) is 13.8. The lowest BCUT2D eigenvalue weighted by molar-refractivity contribution is -0.155. The predicted octanol–water partition coefficient (Wildman–Crippen LogP) is 5.25. The van der Waals surface area contributed by atoms with Gasteiger partial charge in [0, 0.05) is 74.0 Å². The molecule has 2 saturated heterocycles. The molecule has 64 heavy (non-hydrogen) atoms. The number of likely N-dealkylation sites (tertiary alicyclic amines) is 1. The molecule has 0 spiro atoms. The van der Waals surface area contributed by atoms with Gasteiger partial charge in [-0.25, -0.2) is 10.4 Å². The zero-order chi connectivity index (χ0) is 46.0. The molecule has 16 heteroatoms. The van der Waals surface area contributed by atoms with Crippen molar-refractivity contribution in [1.82, 2.24) is 40.1 Å². The fourth-order valence-corrected chi connectivity index (χ4v) is 9.46. The van der Waals surface area contributed by atoms with Crippen molar-refractivity contribution < 1.29 is 37.9 Å². The molecule has 0 saturated carbocycles. The van der Waals surface area contributed by atoms with Gasteiger partial charge < -0.3 is 33.6 Å². The molecule has 1 aromatic carbocycles. The van der Waals surface area contributed by atoms with Crippen LogP contribution in [-0.4, -0.2) is 117 Å². The second kappa shape index (κ2) is 19.1. The highest BCUT2D eigenvalue weighted by Gasteiger charge is 2.40. The number of methoxy groups -OCH3 is 1. The van der Waals surface area contributed by atoms with E-state index in [9.17, 15) is 24.0 Å². The van der Waals surface area contributed by atoms with Crippen molar-refractivity contribution in [3.05, 3.63) is 72.5 Å². The maximum Gasteiger partial charge on any atom is 0.324 e. The van der Waals surface area contributed by atoms with Crippen molar-refractivity contribution in [2.24, 2.45) is 17.3 Å². The van der Waals surface area contributed by atoms with Gasteiger partial charge >= 0.3 is 5.97 Å². The zero-order valence-electron chi connectivity index (χ0n) is 38.3. The first-order chi connectivity index (χ1) is 30.5. The number of likely N-dealkylation sites (N-methyl/N-ethyl adjacent to an activating group) is 1. The molecular weight excluding hydrogens is 817 g/mol. The van der Waals surface area contributed by atoms with E-state index in [1.165, 1.54) is 16.0 Å². The number of nitrogens with zero attached hydrogens (tertiary/aromatic N) is 6. The number of esters is 1. The van der Waals surface area contributed by atoms with E-state index in [1.54, 1.807) is 31.5 Å². The second-order valence-electron chi connectivity index (χ2n) is 18.4. The topological polar surface area (TPSA) is 181 Å². The van der Waals surface area contributed by atoms with Gasteiger partial charge in [0.05, 0.1) is 42.6 Å². The Bertz CT molecular complexity index is 2420. The van der Waals surface area contributed by atoms with Crippen LogP contribution in [0.3, 0.4) is 0 Å². The molecule has 2 N–H and O–H groups in total. The molecular formula is C48H62N8O8. The number of carbonyl (C=O) groups is 5. The summed E-state index contributed by atoms with van der Waals surface area (Å²) in [6.45, 7) is 17.2. The quantitative estimate of drug-likeness (QED) is 0.157. The van der Waals surface area contributed by atoms with Crippen LogP contribution in [0.1, 0.15) is 84.1 Å². The van der Waals surface area contributed by atoms with Gasteiger partial charge in [-0.2, -0.15) is 0 Å². The van der Waals surface area contributed by atoms with Crippen LogP contribution in [0.2, 0.25) is 0 Å². The zero-order valence-corrected chi connectivity index (χ0v) is 38.3. The number of oxazole rings is 1. The Hall–Kier alpha value is -5.87. The van der Waals surface area contributed by atoms with E-state index in [2.05, 4.69) is 65.8 Å². The molecule has 2 fully saturated rings. The molecule has 0 radical (unpaired) electrons. The van der Waals surface area contributed by atoms with Crippen molar-refractivity contribution in [3.8, 4) is 22.6 Å². The van der Waals surface area contributed by atoms with Crippen LogP contribution in [0.4, 0.5) is 0 Å². The van der Waals surface area contributed by atoms with Crippen LogP contribution >= 0.6 is 0 Å². The number of pyridine rings is 1. The Morgan fingerprint density at radius 1 is 1.12 bits per heavy atom. The molecule has 6 heterocycles. The molecule has 342 valence electrons. The average molecular weight is 879 g/mol. The third kappa shape index (κ3) is 9.34. The number of aryl methyl sites for hydroxylation is 1. The summed E-state index contributed by atoms with van der Waals surface area (Å²) in [6, 6.07) is 7.21. The first kappa shape index (κ1) is 46.1. The van der Waals surface area contributed by atoms with E-state index in [1.807, 2.05) is 32.9 Å². The van der Waals surface area contributed by atoms with Gasteiger partial charge in [-0.05, 0) is 87.4 Å². The summed E-state index contributed by atoms with van der Waals surface area (Å²) in [7, 11) is 3.25. The van der Waals surface area contributed by atoms with E-state index in [4.69, 9.17) is 18.9 Å². The fourth-order valence-electron chi connectivity index (χ4n) is 9.46. The minimum absolute atomic E-state index is 0.110. The summed E-state index contributed by atoms with van der Waals surface area (Å²) in [5.41, 5.74) is 8.18. The van der Waals surface area contributed by atoms with Crippen molar-refractivity contribution >= 4 is 40.5 Å². The highest BCUT2D eigenvalue weighted by Crippen LogP contribution is 2.42. The Morgan fingerprint density at radius 3 is 2.62 bits per heavy atom. The van der Waals surface area contributed by atoms with E-state index in [0.29, 0.717) is 44.5 Å². The molecule has 3 aliphatic rings. The van der Waals surface area contributed by atoms with E-state index in [0.717, 1.165) is 39.0 Å². The highest BCUT2D eigenvalue weighted by atomic mass is 16.5. The molecule has 4 amide bonds. The number of hydrazine groups is 1. The molecule has 0 aliphatic carbocycles. The molecule has 3 aliphatic heterocycles. The Labute approximate surface area is 374 Å². The lowest BCUT2D eigenvalue weighted by Gasteiger charge is -2.36. The van der Waals surface area contributed by atoms with Gasteiger partial charge in [0.25, 0.3) is 5.91 Å². The number of carbonyl (C=O) groups excluding carboxylic acids is 5. The lowest BCUT2D eigenvalue weighted by Crippen LogP contribution is -2.62. The number of amides is 4. The summed E-state index contributed by atoms with van der Waals surface area (Å²) < 4.78 is 20.6. The predicted molar refractivity (Wildman–Crippen MR) is 240 cm³/mol. The third-order valence-electron chi connectivity index (χ3n) is 12.8.